The largest absolute Gasteiger partial charge is 0.493 e. The summed E-state index contributed by atoms with van der Waals surface area (Å²) >= 11 is 1.27. The van der Waals surface area contributed by atoms with Crippen LogP contribution in [0, 0.1) is 11.3 Å². The number of amides is 2. The van der Waals surface area contributed by atoms with Crippen LogP contribution in [0.2, 0.25) is 0 Å². The molecule has 2 rings (SSSR count). The molecule has 0 atom stereocenters. The van der Waals surface area contributed by atoms with Crippen molar-refractivity contribution in [1.82, 2.24) is 4.98 Å². The van der Waals surface area contributed by atoms with Crippen LogP contribution in [0.5, 0.6) is 11.5 Å². The smallest absolute Gasteiger partial charge is 0.266 e. The van der Waals surface area contributed by atoms with Crippen LogP contribution in [0.25, 0.3) is 6.08 Å². The number of carbonyl (C=O) groups is 2. The lowest BCUT2D eigenvalue weighted by Gasteiger charge is -2.14. The molecule has 0 aliphatic carbocycles. The Hall–Kier alpha value is -3.38. The molecule has 0 saturated carbocycles. The van der Waals surface area contributed by atoms with Gasteiger partial charge in [0, 0.05) is 30.6 Å². The number of rotatable bonds is 7. The van der Waals surface area contributed by atoms with E-state index in [2.05, 4.69) is 10.3 Å². The number of nitrogens with one attached hydrogen (secondary N) is 1. The molecule has 2 amide bonds. The zero-order valence-electron chi connectivity index (χ0n) is 16.0. The Labute approximate surface area is 167 Å². The average Bonchev–Trinajstić information content (AvgIpc) is 3.14. The van der Waals surface area contributed by atoms with E-state index in [0.29, 0.717) is 34.6 Å². The number of nitriles is 1. The van der Waals surface area contributed by atoms with Gasteiger partial charge in [-0.1, -0.05) is 0 Å². The number of nitrogens with zero attached hydrogens (tertiary/aromatic N) is 3. The minimum absolute atomic E-state index is 0.113. The third-order valence-corrected chi connectivity index (χ3v) is 4.62. The normalized spacial score (nSPS) is 10.8. The summed E-state index contributed by atoms with van der Waals surface area (Å²) in [4.78, 5) is 29.9. The second-order valence-corrected chi connectivity index (χ2v) is 6.35. The van der Waals surface area contributed by atoms with Gasteiger partial charge in [0.25, 0.3) is 5.91 Å². The predicted octanol–water partition coefficient (Wildman–Crippen LogP) is 3.08. The van der Waals surface area contributed by atoms with Gasteiger partial charge < -0.3 is 14.8 Å². The van der Waals surface area contributed by atoms with Crippen LogP contribution in [-0.2, 0) is 9.59 Å². The van der Waals surface area contributed by atoms with E-state index in [4.69, 9.17) is 9.47 Å². The van der Waals surface area contributed by atoms with E-state index in [1.165, 1.54) is 43.5 Å². The number of carbonyl (C=O) groups excluding carboxylic acids is 2. The van der Waals surface area contributed by atoms with Gasteiger partial charge in [0.2, 0.25) is 5.91 Å². The topological polar surface area (TPSA) is 105 Å². The number of anilines is 2. The lowest BCUT2D eigenvalue weighted by Crippen LogP contribution is -2.27. The molecule has 1 heterocycles. The third-order valence-electron chi connectivity index (χ3n) is 3.74. The summed E-state index contributed by atoms with van der Waals surface area (Å²) in [5.41, 5.74) is 0.771. The molecule has 8 nitrogen and oxygen atoms in total. The van der Waals surface area contributed by atoms with E-state index in [-0.39, 0.29) is 11.5 Å². The van der Waals surface area contributed by atoms with Gasteiger partial charge in [-0.2, -0.15) is 5.26 Å². The summed E-state index contributed by atoms with van der Waals surface area (Å²) in [5.74, 6) is 0.274. The first kappa shape index (κ1) is 20.9. The summed E-state index contributed by atoms with van der Waals surface area (Å²) in [5, 5.41) is 14.2. The summed E-state index contributed by atoms with van der Waals surface area (Å²) in [6.45, 7) is 3.78. The Morgan fingerprint density at radius 2 is 2.04 bits per heavy atom. The number of hydrogen-bond donors (Lipinski definition) is 1. The average molecular weight is 400 g/mol. The molecule has 28 heavy (non-hydrogen) atoms. The van der Waals surface area contributed by atoms with E-state index in [0.717, 1.165) is 0 Å². The summed E-state index contributed by atoms with van der Waals surface area (Å²) in [6.07, 6.45) is 1.38. The number of benzene rings is 1. The molecule has 146 valence electrons. The molecule has 0 radical (unpaired) electrons. The van der Waals surface area contributed by atoms with Crippen molar-refractivity contribution in [3.8, 4) is 17.6 Å². The van der Waals surface area contributed by atoms with Crippen LogP contribution in [0.1, 0.15) is 19.5 Å². The van der Waals surface area contributed by atoms with Crippen LogP contribution >= 0.6 is 11.3 Å². The van der Waals surface area contributed by atoms with Gasteiger partial charge >= 0.3 is 0 Å². The molecule has 0 aliphatic rings. The maximum atomic E-state index is 12.4. The van der Waals surface area contributed by atoms with Crippen LogP contribution in [0.4, 0.5) is 10.8 Å². The van der Waals surface area contributed by atoms with Crippen molar-refractivity contribution >= 4 is 40.0 Å². The molecule has 1 N–H and O–H groups in total. The highest BCUT2D eigenvalue weighted by molar-refractivity contribution is 7.14. The first-order valence-corrected chi connectivity index (χ1v) is 9.20. The first-order valence-electron chi connectivity index (χ1n) is 8.32. The van der Waals surface area contributed by atoms with Gasteiger partial charge in [0.05, 0.1) is 19.9 Å². The second-order valence-electron chi connectivity index (χ2n) is 5.51. The Morgan fingerprint density at radius 1 is 1.32 bits per heavy atom. The van der Waals surface area contributed by atoms with Crippen molar-refractivity contribution in [2.45, 2.75) is 13.8 Å². The van der Waals surface area contributed by atoms with E-state index in [1.807, 2.05) is 13.0 Å². The zero-order chi connectivity index (χ0) is 20.7. The van der Waals surface area contributed by atoms with Gasteiger partial charge in [-0.05, 0) is 25.1 Å². The minimum Gasteiger partial charge on any atom is -0.493 e. The van der Waals surface area contributed by atoms with E-state index >= 15 is 0 Å². The maximum Gasteiger partial charge on any atom is 0.266 e. The molecule has 0 unspecified atom stereocenters. The molecule has 0 aliphatic heterocycles. The number of aromatic nitrogens is 1. The van der Waals surface area contributed by atoms with Crippen LogP contribution in [0.3, 0.4) is 0 Å². The number of hydrogen-bond acceptors (Lipinski definition) is 7. The Bertz CT molecular complexity index is 946. The Balaban J connectivity index is 2.21. The highest BCUT2D eigenvalue weighted by Gasteiger charge is 2.15. The molecule has 1 aromatic heterocycles. The van der Waals surface area contributed by atoms with Gasteiger partial charge in [0.1, 0.15) is 11.6 Å². The first-order chi connectivity index (χ1) is 13.4. The van der Waals surface area contributed by atoms with Crippen molar-refractivity contribution in [3.05, 3.63) is 34.8 Å². The molecule has 0 spiro atoms. The van der Waals surface area contributed by atoms with Gasteiger partial charge in [-0.3, -0.25) is 14.5 Å². The van der Waals surface area contributed by atoms with E-state index < -0.39 is 5.91 Å². The van der Waals surface area contributed by atoms with Crippen LogP contribution in [0.15, 0.2) is 29.2 Å². The Kier molecular flexibility index (Phi) is 7.12. The fourth-order valence-corrected chi connectivity index (χ4v) is 3.26. The fraction of sp³-hybridized carbons (Fsp3) is 0.263. The molecule has 2 aromatic rings. The SMILES string of the molecule is CCN(C(C)=O)c1nc(/C=C(\C#N)C(=O)Nc2ccc(OC)c(OC)c2)cs1. The monoisotopic (exact) mass is 400 g/mol. The van der Waals surface area contributed by atoms with Crippen LogP contribution in [-0.4, -0.2) is 37.6 Å². The highest BCUT2D eigenvalue weighted by atomic mass is 32.1. The van der Waals surface area contributed by atoms with Crippen molar-refractivity contribution in [2.75, 3.05) is 31.0 Å². The molecule has 9 heteroatoms. The lowest BCUT2D eigenvalue weighted by atomic mass is 10.2. The maximum absolute atomic E-state index is 12.4. The standard InChI is InChI=1S/C19H20N4O4S/c1-5-23(12(2)24)19-22-15(11-28-19)8-13(10-20)18(25)21-14-6-7-16(26-3)17(9-14)27-4/h6-9,11H,5H2,1-4H3,(H,21,25)/b13-8+. The van der Waals surface area contributed by atoms with Crippen molar-refractivity contribution in [1.29, 1.82) is 5.26 Å². The summed E-state index contributed by atoms with van der Waals surface area (Å²) in [6, 6.07) is 6.76. The van der Waals surface area contributed by atoms with Crippen molar-refractivity contribution in [3.63, 3.8) is 0 Å². The summed E-state index contributed by atoms with van der Waals surface area (Å²) < 4.78 is 10.4. The van der Waals surface area contributed by atoms with Crippen molar-refractivity contribution in [2.24, 2.45) is 0 Å². The summed E-state index contributed by atoms with van der Waals surface area (Å²) in [7, 11) is 3.01. The molecule has 0 saturated heterocycles. The lowest BCUT2D eigenvalue weighted by molar-refractivity contribution is -0.116. The van der Waals surface area contributed by atoms with Crippen molar-refractivity contribution < 1.29 is 19.1 Å². The van der Waals surface area contributed by atoms with Gasteiger partial charge in [-0.15, -0.1) is 11.3 Å². The highest BCUT2D eigenvalue weighted by Crippen LogP contribution is 2.30. The van der Waals surface area contributed by atoms with E-state index in [1.54, 1.807) is 23.6 Å². The molecular formula is C19H20N4O4S. The number of ether oxygens (including phenoxy) is 2. The molecule has 0 fully saturated rings. The second kappa shape index (κ2) is 9.53. The number of methoxy groups -OCH3 is 2. The van der Waals surface area contributed by atoms with E-state index in [9.17, 15) is 14.9 Å². The van der Waals surface area contributed by atoms with Crippen LogP contribution < -0.4 is 19.7 Å². The number of thiazole rings is 1. The molecular weight excluding hydrogens is 380 g/mol. The minimum atomic E-state index is -0.580. The zero-order valence-corrected chi connectivity index (χ0v) is 16.8. The quantitative estimate of drug-likeness (QED) is 0.566. The Morgan fingerprint density at radius 3 is 2.61 bits per heavy atom. The molecule has 1 aromatic carbocycles. The third kappa shape index (κ3) is 4.86. The molecule has 0 bridgehead atoms. The van der Waals surface area contributed by atoms with Gasteiger partial charge in [-0.25, -0.2) is 4.98 Å². The fourth-order valence-electron chi connectivity index (χ4n) is 2.37. The van der Waals surface area contributed by atoms with Gasteiger partial charge in [0.15, 0.2) is 16.6 Å². The predicted molar refractivity (Wildman–Crippen MR) is 108 cm³/mol.